The second kappa shape index (κ2) is 11.2. The number of allylic oxidation sites excluding steroid dienone is 1. The third-order valence-corrected chi connectivity index (χ3v) is 6.53. The van der Waals surface area contributed by atoms with E-state index in [-0.39, 0.29) is 11.0 Å². The van der Waals surface area contributed by atoms with Crippen LogP contribution in [0, 0.1) is 5.41 Å². The molecule has 0 radical (unpaired) electrons. The van der Waals surface area contributed by atoms with E-state index in [1.165, 1.54) is 12.8 Å². The van der Waals surface area contributed by atoms with Crippen LogP contribution in [0.2, 0.25) is 10.0 Å². The average molecular weight is 496 g/mol. The Morgan fingerprint density at radius 2 is 2.03 bits per heavy atom. The van der Waals surface area contributed by atoms with Crippen molar-refractivity contribution in [2.45, 2.75) is 26.7 Å². The van der Waals surface area contributed by atoms with Gasteiger partial charge in [-0.1, -0.05) is 35.0 Å². The van der Waals surface area contributed by atoms with E-state index < -0.39 is 0 Å². The molecule has 0 aromatic heterocycles. The first kappa shape index (κ1) is 24.6. The monoisotopic (exact) mass is 495 g/mol. The maximum absolute atomic E-state index is 12.3. The molecule has 0 bridgehead atoms. The lowest BCUT2D eigenvalue weighted by Crippen LogP contribution is -2.25. The van der Waals surface area contributed by atoms with Crippen molar-refractivity contribution in [2.24, 2.45) is 10.7 Å². The van der Waals surface area contributed by atoms with Crippen molar-refractivity contribution in [3.05, 3.63) is 44.3 Å². The van der Waals surface area contributed by atoms with Crippen LogP contribution in [0.1, 0.15) is 32.3 Å². The molecule has 172 valence electrons. The van der Waals surface area contributed by atoms with E-state index in [1.54, 1.807) is 25.1 Å². The highest BCUT2D eigenvalue weighted by atomic mass is 35.5. The highest BCUT2D eigenvalue weighted by molar-refractivity contribution is 8.18. The van der Waals surface area contributed by atoms with Crippen LogP contribution in [0.3, 0.4) is 0 Å². The van der Waals surface area contributed by atoms with Gasteiger partial charge < -0.3 is 15.8 Å². The quantitative estimate of drug-likeness (QED) is 0.368. The number of halogens is 2. The molecule has 2 aliphatic heterocycles. The van der Waals surface area contributed by atoms with Gasteiger partial charge in [0.1, 0.15) is 17.4 Å². The molecule has 32 heavy (non-hydrogen) atoms. The molecule has 1 aromatic carbocycles. The SMILES string of the molecule is CCNC(=O)C1=C/C(=C(/N=C(\C)N)c2cc(OCCN3CCCC3)c(Cl)cc2Cl)C(=N)S1. The number of carbonyl (C=O) groups excluding carboxylic acids is 1. The molecule has 10 heteroatoms. The van der Waals surface area contributed by atoms with Crippen molar-refractivity contribution in [3.8, 4) is 5.75 Å². The number of benzene rings is 1. The van der Waals surface area contributed by atoms with Gasteiger partial charge in [0.15, 0.2) is 0 Å². The summed E-state index contributed by atoms with van der Waals surface area (Å²) in [4.78, 5) is 19.5. The van der Waals surface area contributed by atoms with Crippen molar-refractivity contribution in [2.75, 3.05) is 32.8 Å². The average Bonchev–Trinajstić information content (AvgIpc) is 3.38. The number of rotatable bonds is 8. The van der Waals surface area contributed by atoms with E-state index >= 15 is 0 Å². The first-order valence-corrected chi connectivity index (χ1v) is 12.0. The van der Waals surface area contributed by atoms with Crippen LogP contribution in [0.25, 0.3) is 5.70 Å². The van der Waals surface area contributed by atoms with Crippen LogP contribution in [-0.4, -0.2) is 54.5 Å². The maximum atomic E-state index is 12.3. The summed E-state index contributed by atoms with van der Waals surface area (Å²) >= 11 is 14.0. The van der Waals surface area contributed by atoms with Crippen molar-refractivity contribution >= 4 is 57.4 Å². The van der Waals surface area contributed by atoms with Crippen LogP contribution in [0.5, 0.6) is 5.75 Å². The molecule has 0 saturated carbocycles. The smallest absolute Gasteiger partial charge is 0.258 e. The summed E-state index contributed by atoms with van der Waals surface area (Å²) in [6.45, 7) is 7.48. The van der Waals surface area contributed by atoms with Crippen LogP contribution in [0.15, 0.2) is 33.7 Å². The zero-order chi connectivity index (χ0) is 23.3. The minimum Gasteiger partial charge on any atom is -0.491 e. The van der Waals surface area contributed by atoms with Gasteiger partial charge in [0.2, 0.25) is 0 Å². The number of likely N-dealkylation sites (tertiary alicyclic amines) is 1. The first-order chi connectivity index (χ1) is 15.3. The number of nitrogens with zero attached hydrogens (tertiary/aromatic N) is 2. The minimum atomic E-state index is -0.238. The van der Waals surface area contributed by atoms with E-state index in [1.807, 2.05) is 6.92 Å². The Labute approximate surface area is 202 Å². The highest BCUT2D eigenvalue weighted by Gasteiger charge is 2.26. The second-order valence-electron chi connectivity index (χ2n) is 7.47. The Balaban J connectivity index is 1.97. The molecule has 1 aromatic rings. The summed E-state index contributed by atoms with van der Waals surface area (Å²) in [7, 11) is 0. The lowest BCUT2D eigenvalue weighted by atomic mass is 10.1. The summed E-state index contributed by atoms with van der Waals surface area (Å²) in [5.41, 5.74) is 7.28. The summed E-state index contributed by atoms with van der Waals surface area (Å²) < 4.78 is 5.96. The summed E-state index contributed by atoms with van der Waals surface area (Å²) in [5.74, 6) is 0.546. The molecule has 7 nitrogen and oxygen atoms in total. The minimum absolute atomic E-state index is 0.189. The Kier molecular flexibility index (Phi) is 8.64. The summed E-state index contributed by atoms with van der Waals surface area (Å²) in [5, 5.41) is 12.1. The van der Waals surface area contributed by atoms with E-state index in [2.05, 4.69) is 15.2 Å². The second-order valence-corrected chi connectivity index (χ2v) is 9.34. The number of hydrogen-bond acceptors (Lipinski definition) is 6. The van der Waals surface area contributed by atoms with Crippen LogP contribution in [0.4, 0.5) is 0 Å². The molecular weight excluding hydrogens is 469 g/mol. The predicted molar refractivity (Wildman–Crippen MR) is 134 cm³/mol. The van der Waals surface area contributed by atoms with Gasteiger partial charge in [0.25, 0.3) is 5.91 Å². The molecule has 2 heterocycles. The lowest BCUT2D eigenvalue weighted by molar-refractivity contribution is -0.116. The number of likely N-dealkylation sites (N-methyl/N-ethyl adjacent to an activating group) is 1. The molecule has 2 aliphatic rings. The van der Waals surface area contributed by atoms with E-state index in [9.17, 15) is 4.79 Å². The number of nitrogens with one attached hydrogen (secondary N) is 2. The molecule has 1 fully saturated rings. The van der Waals surface area contributed by atoms with Crippen LogP contribution < -0.4 is 15.8 Å². The number of amidine groups is 1. The van der Waals surface area contributed by atoms with Crippen molar-refractivity contribution in [3.63, 3.8) is 0 Å². The number of ether oxygens (including phenoxy) is 1. The summed E-state index contributed by atoms with van der Waals surface area (Å²) in [6.07, 6.45) is 4.07. The number of carbonyl (C=O) groups is 1. The number of aliphatic imine (C=N–C) groups is 1. The third-order valence-electron chi connectivity index (χ3n) is 4.98. The summed E-state index contributed by atoms with van der Waals surface area (Å²) in [6, 6.07) is 3.32. The predicted octanol–water partition coefficient (Wildman–Crippen LogP) is 4.30. The van der Waals surface area contributed by atoms with Gasteiger partial charge in [-0.05, 0) is 58.0 Å². The lowest BCUT2D eigenvalue weighted by Gasteiger charge is -2.17. The van der Waals surface area contributed by atoms with E-state index in [4.69, 9.17) is 39.1 Å². The third kappa shape index (κ3) is 6.07. The van der Waals surface area contributed by atoms with Crippen molar-refractivity contribution < 1.29 is 9.53 Å². The number of amides is 1. The van der Waals surface area contributed by atoms with E-state index in [0.29, 0.717) is 56.5 Å². The molecular formula is C22H27Cl2N5O2S. The maximum Gasteiger partial charge on any atom is 0.258 e. The fraction of sp³-hybridized carbons (Fsp3) is 0.409. The molecule has 4 N–H and O–H groups in total. The van der Waals surface area contributed by atoms with Gasteiger partial charge in [-0.2, -0.15) is 0 Å². The van der Waals surface area contributed by atoms with Gasteiger partial charge in [-0.3, -0.25) is 15.1 Å². The molecule has 1 saturated heterocycles. The van der Waals surface area contributed by atoms with Gasteiger partial charge in [0.05, 0.1) is 26.5 Å². The fourth-order valence-electron chi connectivity index (χ4n) is 3.48. The van der Waals surface area contributed by atoms with Gasteiger partial charge in [-0.25, -0.2) is 4.99 Å². The zero-order valence-corrected chi connectivity index (χ0v) is 20.5. The van der Waals surface area contributed by atoms with Gasteiger partial charge in [0, 0.05) is 24.2 Å². The standard InChI is InChI=1S/C22H27Cl2N5O2S/c1-3-27-22(30)19-11-15(21(26)32-19)20(28-13(2)25)14-10-18(17(24)12-16(14)23)31-9-8-29-6-4-5-7-29/h10-12,26H,3-9H2,1-2H3,(H2,25,28)(H,27,30)/b20-15-,26-21?. The van der Waals surface area contributed by atoms with Crippen molar-refractivity contribution in [1.82, 2.24) is 10.2 Å². The number of nitrogens with two attached hydrogens (primary N) is 1. The highest BCUT2D eigenvalue weighted by Crippen LogP contribution is 2.40. The zero-order valence-electron chi connectivity index (χ0n) is 18.1. The van der Waals surface area contributed by atoms with Gasteiger partial charge >= 0.3 is 0 Å². The topological polar surface area (TPSA) is 104 Å². The number of hydrogen-bond donors (Lipinski definition) is 3. The Morgan fingerprint density at radius 3 is 2.69 bits per heavy atom. The molecule has 0 aliphatic carbocycles. The van der Waals surface area contributed by atoms with E-state index in [0.717, 1.165) is 31.4 Å². The molecule has 0 spiro atoms. The Hall–Kier alpha value is -2.00. The normalized spacial score (nSPS) is 18.7. The molecule has 1 amide bonds. The fourth-order valence-corrected chi connectivity index (χ4v) is 4.83. The van der Waals surface area contributed by atoms with Crippen LogP contribution >= 0.6 is 35.0 Å². The van der Waals surface area contributed by atoms with Crippen molar-refractivity contribution in [1.29, 1.82) is 5.41 Å². The molecule has 0 atom stereocenters. The largest absolute Gasteiger partial charge is 0.491 e. The number of thioether (sulfide) groups is 1. The first-order valence-electron chi connectivity index (χ1n) is 10.5. The van der Waals surface area contributed by atoms with Gasteiger partial charge in [-0.15, -0.1) is 0 Å². The van der Waals surface area contributed by atoms with Crippen LogP contribution in [-0.2, 0) is 4.79 Å². The molecule has 3 rings (SSSR count). The molecule has 0 unspecified atom stereocenters. The Morgan fingerprint density at radius 1 is 1.31 bits per heavy atom. The Bertz CT molecular complexity index is 996.